The fourth-order valence-corrected chi connectivity index (χ4v) is 3.38. The van der Waals surface area contributed by atoms with Crippen molar-refractivity contribution in [3.63, 3.8) is 0 Å². The average Bonchev–Trinajstić information content (AvgIpc) is 2.92. The van der Waals surface area contributed by atoms with Crippen LogP contribution < -0.4 is 0 Å². The Morgan fingerprint density at radius 1 is 1.30 bits per heavy atom. The van der Waals surface area contributed by atoms with Gasteiger partial charge >= 0.3 is 0 Å². The first kappa shape index (κ1) is 15.1. The molecule has 0 saturated heterocycles. The van der Waals surface area contributed by atoms with E-state index < -0.39 is 0 Å². The Morgan fingerprint density at radius 2 is 2.10 bits per heavy atom. The molecule has 1 aliphatic rings. The molecule has 106 valence electrons. The molecule has 2 nitrogen and oxygen atoms in total. The Balaban J connectivity index is 0.00000147. The molecule has 1 unspecified atom stereocenters. The molecule has 0 spiro atoms. The summed E-state index contributed by atoms with van der Waals surface area (Å²) in [6.45, 7) is 2.17. The second-order valence-corrected chi connectivity index (χ2v) is 5.68. The molecule has 0 saturated carbocycles. The number of nitrogens with zero attached hydrogens (tertiary/aromatic N) is 2. The van der Waals surface area contributed by atoms with Crippen molar-refractivity contribution in [1.82, 2.24) is 4.90 Å². The van der Waals surface area contributed by atoms with E-state index >= 15 is 0 Å². The molecule has 0 fully saturated rings. The lowest BCUT2D eigenvalue weighted by Crippen LogP contribution is -2.30. The Bertz CT molecular complexity index is 592. The van der Waals surface area contributed by atoms with Gasteiger partial charge in [0, 0.05) is 13.5 Å². The summed E-state index contributed by atoms with van der Waals surface area (Å²) in [7, 11) is 2.16. The number of benzene rings is 1. The Hall–Kier alpha value is -1.32. The van der Waals surface area contributed by atoms with Crippen LogP contribution in [-0.4, -0.2) is 17.8 Å². The SMILES string of the molecule is CCC1=Nc2ccccc2CC(c2ccsc2)N1C.Cl. The smallest absolute Gasteiger partial charge is 0.105 e. The maximum Gasteiger partial charge on any atom is 0.105 e. The Labute approximate surface area is 130 Å². The van der Waals surface area contributed by atoms with E-state index in [1.54, 1.807) is 11.3 Å². The number of amidine groups is 1. The molecule has 4 heteroatoms. The highest BCUT2D eigenvalue weighted by molar-refractivity contribution is 7.07. The number of likely N-dealkylation sites (N-methyl/N-ethyl adjacent to an activating group) is 1. The van der Waals surface area contributed by atoms with Gasteiger partial charge in [-0.2, -0.15) is 11.3 Å². The first-order valence-corrected chi connectivity index (χ1v) is 7.64. The summed E-state index contributed by atoms with van der Waals surface area (Å²) in [5, 5.41) is 4.41. The molecule has 1 aromatic heterocycles. The van der Waals surface area contributed by atoms with E-state index in [4.69, 9.17) is 4.99 Å². The summed E-state index contributed by atoms with van der Waals surface area (Å²) in [5.41, 5.74) is 3.86. The van der Waals surface area contributed by atoms with Crippen LogP contribution in [0.15, 0.2) is 46.1 Å². The average molecular weight is 307 g/mol. The van der Waals surface area contributed by atoms with Crippen molar-refractivity contribution in [2.24, 2.45) is 4.99 Å². The van der Waals surface area contributed by atoms with Gasteiger partial charge in [-0.1, -0.05) is 25.1 Å². The molecule has 3 rings (SSSR count). The second kappa shape index (κ2) is 6.42. The number of hydrogen-bond donors (Lipinski definition) is 0. The molecule has 2 heterocycles. The summed E-state index contributed by atoms with van der Waals surface area (Å²) >= 11 is 1.77. The highest BCUT2D eigenvalue weighted by Crippen LogP contribution is 2.33. The van der Waals surface area contributed by atoms with Gasteiger partial charge in [-0.25, -0.2) is 4.99 Å². The van der Waals surface area contributed by atoms with Crippen LogP contribution in [0.1, 0.15) is 30.5 Å². The van der Waals surface area contributed by atoms with Crippen LogP contribution >= 0.6 is 23.7 Å². The van der Waals surface area contributed by atoms with E-state index in [-0.39, 0.29) is 12.4 Å². The van der Waals surface area contributed by atoms with Gasteiger partial charge in [0.2, 0.25) is 0 Å². The minimum atomic E-state index is 0. The van der Waals surface area contributed by atoms with Crippen molar-refractivity contribution >= 4 is 35.3 Å². The highest BCUT2D eigenvalue weighted by atomic mass is 35.5. The Kier molecular flexibility index (Phi) is 4.84. The molecule has 1 aromatic carbocycles. The van der Waals surface area contributed by atoms with Crippen LogP contribution in [0, 0.1) is 0 Å². The zero-order valence-corrected chi connectivity index (χ0v) is 13.4. The van der Waals surface area contributed by atoms with Gasteiger partial charge in [0.1, 0.15) is 5.84 Å². The third kappa shape index (κ3) is 2.74. The molecule has 0 radical (unpaired) electrons. The molecule has 2 aromatic rings. The number of fused-ring (bicyclic) bond motifs is 1. The monoisotopic (exact) mass is 306 g/mol. The normalized spacial score (nSPS) is 17.8. The number of para-hydroxylation sites is 1. The number of halogens is 1. The van der Waals surface area contributed by atoms with Crippen molar-refractivity contribution in [1.29, 1.82) is 0 Å². The van der Waals surface area contributed by atoms with Crippen molar-refractivity contribution in [2.45, 2.75) is 25.8 Å². The molecule has 0 N–H and O–H groups in total. The van der Waals surface area contributed by atoms with Crippen molar-refractivity contribution in [3.05, 3.63) is 52.2 Å². The summed E-state index contributed by atoms with van der Waals surface area (Å²) in [6.07, 6.45) is 1.99. The maximum atomic E-state index is 4.84. The minimum Gasteiger partial charge on any atom is -0.356 e. The zero-order chi connectivity index (χ0) is 13.2. The third-order valence-corrected chi connectivity index (χ3v) is 4.47. The molecule has 0 bridgehead atoms. The number of thiophene rings is 1. The number of rotatable bonds is 2. The molecule has 0 aliphatic carbocycles. The largest absolute Gasteiger partial charge is 0.356 e. The van der Waals surface area contributed by atoms with Crippen molar-refractivity contribution < 1.29 is 0 Å². The van der Waals surface area contributed by atoms with Crippen molar-refractivity contribution in [2.75, 3.05) is 7.05 Å². The van der Waals surface area contributed by atoms with Crippen LogP contribution in [0.25, 0.3) is 0 Å². The van der Waals surface area contributed by atoms with E-state index in [1.165, 1.54) is 17.0 Å². The lowest BCUT2D eigenvalue weighted by molar-refractivity contribution is 0.371. The molecule has 20 heavy (non-hydrogen) atoms. The quantitative estimate of drug-likeness (QED) is 0.775. The van der Waals surface area contributed by atoms with Gasteiger partial charge in [-0.05, 0) is 40.4 Å². The molecular formula is C16H19ClN2S. The summed E-state index contributed by atoms with van der Waals surface area (Å²) < 4.78 is 0. The van der Waals surface area contributed by atoms with Gasteiger partial charge in [0.25, 0.3) is 0 Å². The van der Waals surface area contributed by atoms with E-state index in [1.807, 2.05) is 0 Å². The van der Waals surface area contributed by atoms with Crippen LogP contribution in [0.5, 0.6) is 0 Å². The predicted octanol–water partition coefficient (Wildman–Crippen LogP) is 4.84. The maximum absolute atomic E-state index is 4.84. The lowest BCUT2D eigenvalue weighted by Gasteiger charge is -2.28. The third-order valence-electron chi connectivity index (χ3n) is 3.77. The summed E-state index contributed by atoms with van der Waals surface area (Å²) in [4.78, 5) is 7.18. The van der Waals surface area contributed by atoms with Crippen LogP contribution in [0.2, 0.25) is 0 Å². The van der Waals surface area contributed by atoms with Gasteiger partial charge in [-0.3, -0.25) is 0 Å². The molecule has 1 aliphatic heterocycles. The molecule has 1 atom stereocenters. The van der Waals surface area contributed by atoms with Crippen LogP contribution in [-0.2, 0) is 6.42 Å². The van der Waals surface area contributed by atoms with Gasteiger partial charge in [-0.15, -0.1) is 12.4 Å². The summed E-state index contributed by atoms with van der Waals surface area (Å²) in [6, 6.07) is 11.1. The number of aliphatic imine (C=N–C) groups is 1. The summed E-state index contributed by atoms with van der Waals surface area (Å²) in [5.74, 6) is 1.17. The highest BCUT2D eigenvalue weighted by Gasteiger charge is 2.24. The first-order valence-electron chi connectivity index (χ1n) is 6.70. The Morgan fingerprint density at radius 3 is 2.80 bits per heavy atom. The topological polar surface area (TPSA) is 15.6 Å². The lowest BCUT2D eigenvalue weighted by atomic mass is 9.99. The van der Waals surface area contributed by atoms with Crippen LogP contribution in [0.3, 0.4) is 0 Å². The van der Waals surface area contributed by atoms with Gasteiger partial charge in [0.15, 0.2) is 0 Å². The fourth-order valence-electron chi connectivity index (χ4n) is 2.67. The van der Waals surface area contributed by atoms with E-state index in [0.29, 0.717) is 6.04 Å². The van der Waals surface area contributed by atoms with Gasteiger partial charge < -0.3 is 4.90 Å². The first-order chi connectivity index (χ1) is 9.29. The van der Waals surface area contributed by atoms with Crippen molar-refractivity contribution in [3.8, 4) is 0 Å². The predicted molar refractivity (Wildman–Crippen MR) is 89.6 cm³/mol. The van der Waals surface area contributed by atoms with E-state index in [2.05, 4.69) is 60.0 Å². The van der Waals surface area contributed by atoms with E-state index in [9.17, 15) is 0 Å². The number of hydrogen-bond acceptors (Lipinski definition) is 3. The molecule has 0 amide bonds. The molecular weight excluding hydrogens is 288 g/mol. The zero-order valence-electron chi connectivity index (χ0n) is 11.7. The standard InChI is InChI=1S/C16H18N2S.ClH/c1-3-16-17-14-7-5-4-6-12(14)10-15(18(16)2)13-8-9-19-11-13;/h4-9,11,15H,3,10H2,1-2H3;1H. The fraction of sp³-hybridized carbons (Fsp3) is 0.312. The minimum absolute atomic E-state index is 0. The van der Waals surface area contributed by atoms with Crippen LogP contribution in [0.4, 0.5) is 5.69 Å². The van der Waals surface area contributed by atoms with E-state index in [0.717, 1.165) is 18.5 Å². The second-order valence-electron chi connectivity index (χ2n) is 4.90. The van der Waals surface area contributed by atoms with Gasteiger partial charge in [0.05, 0.1) is 11.7 Å².